The average Bonchev–Trinajstić information content (AvgIpc) is 2.36. The Morgan fingerprint density at radius 3 is 2.50 bits per heavy atom. The van der Waals surface area contributed by atoms with Crippen molar-refractivity contribution in [2.45, 2.75) is 26.2 Å². The first kappa shape index (κ1) is 17.2. The summed E-state index contributed by atoms with van der Waals surface area (Å²) in [7, 11) is 0. The fraction of sp³-hybridized carbons (Fsp3) is 0.417. The Hall–Kier alpha value is -0.840. The topological polar surface area (TPSA) is 49.3 Å². The second-order valence-corrected chi connectivity index (χ2v) is 4.28. The van der Waals surface area contributed by atoms with Crippen molar-refractivity contribution in [1.29, 1.82) is 0 Å². The highest BCUT2D eigenvalue weighted by molar-refractivity contribution is 6.30. The van der Waals surface area contributed by atoms with Crippen LogP contribution in [-0.4, -0.2) is 17.0 Å². The Bertz CT molecular complexity index is 371. The molecule has 0 fully saturated rings. The van der Waals surface area contributed by atoms with Crippen LogP contribution in [0.3, 0.4) is 0 Å². The van der Waals surface area contributed by atoms with Gasteiger partial charge < -0.3 is 0 Å². The van der Waals surface area contributed by atoms with Gasteiger partial charge in [0.1, 0.15) is 5.82 Å². The summed E-state index contributed by atoms with van der Waals surface area (Å²) < 4.78 is 12.8. The van der Waals surface area contributed by atoms with Crippen LogP contribution in [-0.2, 0) is 0 Å². The van der Waals surface area contributed by atoms with Gasteiger partial charge in [-0.2, -0.15) is 0 Å². The second kappa shape index (κ2) is 10.1. The molecule has 0 aliphatic carbocycles. The number of carbonyl (C=O) groups is 1. The van der Waals surface area contributed by atoms with Gasteiger partial charge in [-0.15, -0.1) is 11.6 Å². The van der Waals surface area contributed by atoms with E-state index in [1.807, 2.05) is 0 Å². The van der Waals surface area contributed by atoms with Gasteiger partial charge in [-0.1, -0.05) is 31.4 Å². The maximum absolute atomic E-state index is 12.8. The van der Waals surface area contributed by atoms with Crippen LogP contribution in [0.1, 0.15) is 36.5 Å². The van der Waals surface area contributed by atoms with Crippen molar-refractivity contribution in [2.75, 3.05) is 5.88 Å². The molecule has 0 spiro atoms. The number of unbranched alkanes of at least 4 members (excludes halogenated alkanes) is 2. The normalized spacial score (nSPS) is 9.39. The highest BCUT2D eigenvalue weighted by atomic mass is 35.5. The molecule has 102 valence electrons. The van der Waals surface area contributed by atoms with E-state index in [-0.39, 0.29) is 10.6 Å². The Balaban J connectivity index is 0.000000411. The zero-order valence-electron chi connectivity index (χ0n) is 10.0. The molecule has 1 aromatic rings. The predicted molar refractivity (Wildman–Crippen MR) is 70.9 cm³/mol. The molecular formula is C12H16Cl2FNO2. The number of rotatable bonds is 4. The maximum Gasteiger partial charge on any atom is 0.277 e. The summed E-state index contributed by atoms with van der Waals surface area (Å²) in [4.78, 5) is 10.7. The standard InChI is InChI=1S/C7H5ClFNO2.C5H11Cl/c8-4-1-2-5(6(9)3-4)7(11)10-12;1-2-3-4-5-6/h1-3,12H,(H,10,11);2-5H2,1H3. The van der Waals surface area contributed by atoms with Gasteiger partial charge in [0, 0.05) is 10.9 Å². The Morgan fingerprint density at radius 2 is 2.11 bits per heavy atom. The molecule has 2 N–H and O–H groups in total. The van der Waals surface area contributed by atoms with Crippen LogP contribution in [0, 0.1) is 5.82 Å². The smallest absolute Gasteiger partial charge is 0.277 e. The van der Waals surface area contributed by atoms with Crippen LogP contribution in [0.4, 0.5) is 4.39 Å². The van der Waals surface area contributed by atoms with Crippen molar-refractivity contribution in [2.24, 2.45) is 0 Å². The van der Waals surface area contributed by atoms with Gasteiger partial charge in [-0.3, -0.25) is 10.0 Å². The van der Waals surface area contributed by atoms with Crippen molar-refractivity contribution >= 4 is 29.1 Å². The van der Waals surface area contributed by atoms with Gasteiger partial charge >= 0.3 is 0 Å². The minimum Gasteiger partial charge on any atom is -0.288 e. The molecule has 0 unspecified atom stereocenters. The Kier molecular flexibility index (Phi) is 9.64. The molecule has 0 saturated carbocycles. The molecule has 1 rings (SSSR count). The van der Waals surface area contributed by atoms with Gasteiger partial charge in [0.05, 0.1) is 5.56 Å². The lowest BCUT2D eigenvalue weighted by molar-refractivity contribution is 0.0702. The number of amides is 1. The monoisotopic (exact) mass is 295 g/mol. The quantitative estimate of drug-likeness (QED) is 0.382. The Morgan fingerprint density at radius 1 is 1.44 bits per heavy atom. The summed E-state index contributed by atoms with van der Waals surface area (Å²) in [6.07, 6.45) is 3.73. The van der Waals surface area contributed by atoms with E-state index in [0.717, 1.165) is 11.9 Å². The molecule has 6 heteroatoms. The first-order valence-corrected chi connectivity index (χ1v) is 6.43. The van der Waals surface area contributed by atoms with Gasteiger partial charge in [-0.25, -0.2) is 9.87 Å². The molecule has 0 atom stereocenters. The third-order valence-electron chi connectivity index (χ3n) is 2.01. The van der Waals surface area contributed by atoms with E-state index >= 15 is 0 Å². The minimum absolute atomic E-state index is 0.196. The lowest BCUT2D eigenvalue weighted by Gasteiger charge is -1.99. The number of alkyl halides is 1. The van der Waals surface area contributed by atoms with Crippen LogP contribution in [0.2, 0.25) is 5.02 Å². The van der Waals surface area contributed by atoms with Crippen molar-refractivity contribution in [3.05, 3.63) is 34.6 Å². The summed E-state index contributed by atoms with van der Waals surface area (Å²) in [5.41, 5.74) is 1.07. The summed E-state index contributed by atoms with van der Waals surface area (Å²) in [6, 6.07) is 3.53. The lowest BCUT2D eigenvalue weighted by Crippen LogP contribution is -2.19. The lowest BCUT2D eigenvalue weighted by atomic mass is 10.2. The average molecular weight is 296 g/mol. The van der Waals surface area contributed by atoms with Gasteiger partial charge in [-0.05, 0) is 24.6 Å². The molecule has 0 heterocycles. The Labute approximate surface area is 116 Å². The first-order valence-electron chi connectivity index (χ1n) is 5.52. The SMILES string of the molecule is CCCCCCl.O=C(NO)c1ccc(Cl)cc1F. The molecule has 0 aromatic heterocycles. The third kappa shape index (κ3) is 6.79. The summed E-state index contributed by atoms with van der Waals surface area (Å²) in [5.74, 6) is -0.841. The number of hydrogen-bond donors (Lipinski definition) is 2. The third-order valence-corrected chi connectivity index (χ3v) is 2.52. The summed E-state index contributed by atoms with van der Waals surface area (Å²) in [6.45, 7) is 2.17. The molecule has 3 nitrogen and oxygen atoms in total. The number of carbonyl (C=O) groups excluding carboxylic acids is 1. The molecular weight excluding hydrogens is 280 g/mol. The van der Waals surface area contributed by atoms with Crippen LogP contribution < -0.4 is 5.48 Å². The molecule has 1 amide bonds. The fourth-order valence-electron chi connectivity index (χ4n) is 1.08. The molecule has 1 aromatic carbocycles. The van der Waals surface area contributed by atoms with E-state index in [1.54, 1.807) is 0 Å². The summed E-state index contributed by atoms with van der Waals surface area (Å²) >= 11 is 10.8. The number of hydroxylamine groups is 1. The molecule has 0 saturated heterocycles. The van der Waals surface area contributed by atoms with Crippen LogP contribution in [0.15, 0.2) is 18.2 Å². The van der Waals surface area contributed by atoms with Gasteiger partial charge in [0.15, 0.2) is 0 Å². The number of nitrogens with one attached hydrogen (secondary N) is 1. The second-order valence-electron chi connectivity index (χ2n) is 3.46. The van der Waals surface area contributed by atoms with Gasteiger partial charge in [0.25, 0.3) is 5.91 Å². The number of halogens is 3. The van der Waals surface area contributed by atoms with E-state index in [9.17, 15) is 9.18 Å². The highest BCUT2D eigenvalue weighted by Crippen LogP contribution is 2.14. The van der Waals surface area contributed by atoms with Crippen molar-refractivity contribution in [3.63, 3.8) is 0 Å². The van der Waals surface area contributed by atoms with Crippen LogP contribution in [0.5, 0.6) is 0 Å². The first-order chi connectivity index (χ1) is 8.56. The van der Waals surface area contributed by atoms with Crippen molar-refractivity contribution in [1.82, 2.24) is 5.48 Å². The molecule has 0 aliphatic heterocycles. The zero-order chi connectivity index (χ0) is 14.0. The summed E-state index contributed by atoms with van der Waals surface area (Å²) in [5, 5.41) is 8.38. The van der Waals surface area contributed by atoms with E-state index in [4.69, 9.17) is 28.4 Å². The van der Waals surface area contributed by atoms with Gasteiger partial charge in [0.2, 0.25) is 0 Å². The molecule has 0 aliphatic rings. The largest absolute Gasteiger partial charge is 0.288 e. The number of hydrogen-bond acceptors (Lipinski definition) is 2. The molecule has 0 radical (unpaired) electrons. The number of benzene rings is 1. The maximum atomic E-state index is 12.8. The van der Waals surface area contributed by atoms with E-state index in [0.29, 0.717) is 0 Å². The highest BCUT2D eigenvalue weighted by Gasteiger charge is 2.09. The van der Waals surface area contributed by atoms with E-state index < -0.39 is 11.7 Å². The van der Waals surface area contributed by atoms with Crippen LogP contribution in [0.25, 0.3) is 0 Å². The zero-order valence-corrected chi connectivity index (χ0v) is 11.6. The van der Waals surface area contributed by atoms with E-state index in [2.05, 4.69) is 6.92 Å². The molecule has 18 heavy (non-hydrogen) atoms. The van der Waals surface area contributed by atoms with Crippen molar-refractivity contribution < 1.29 is 14.4 Å². The van der Waals surface area contributed by atoms with Crippen LogP contribution >= 0.6 is 23.2 Å². The molecule has 0 bridgehead atoms. The fourth-order valence-corrected chi connectivity index (χ4v) is 1.43. The predicted octanol–water partition coefficient (Wildman–Crippen LogP) is 4.01. The minimum atomic E-state index is -0.899. The van der Waals surface area contributed by atoms with Crippen molar-refractivity contribution in [3.8, 4) is 0 Å². The van der Waals surface area contributed by atoms with E-state index in [1.165, 1.54) is 36.9 Å².